The van der Waals surface area contributed by atoms with Crippen LogP contribution in [0.25, 0.3) is 11.0 Å². The molecule has 27 heavy (non-hydrogen) atoms. The Kier molecular flexibility index (Phi) is 4.98. The number of ether oxygens (including phenoxy) is 1. The van der Waals surface area contributed by atoms with Crippen LogP contribution in [0.5, 0.6) is 0 Å². The first-order valence-corrected chi connectivity index (χ1v) is 8.88. The molecule has 4 N–H and O–H groups in total. The predicted molar refractivity (Wildman–Crippen MR) is 99.3 cm³/mol. The lowest BCUT2D eigenvalue weighted by Gasteiger charge is -2.17. The van der Waals surface area contributed by atoms with Crippen molar-refractivity contribution in [1.82, 2.24) is 14.5 Å². The number of aliphatic hydroxyl groups excluding tert-OH is 3. The summed E-state index contributed by atoms with van der Waals surface area (Å²) in [6.07, 6.45) is -0.893. The van der Waals surface area contributed by atoms with Gasteiger partial charge in [0.15, 0.2) is 6.23 Å². The van der Waals surface area contributed by atoms with Gasteiger partial charge in [0, 0.05) is 17.8 Å². The van der Waals surface area contributed by atoms with Crippen molar-refractivity contribution in [1.29, 1.82) is 0 Å². The zero-order valence-electron chi connectivity index (χ0n) is 14.2. The van der Waals surface area contributed by atoms with E-state index in [2.05, 4.69) is 15.3 Å². The summed E-state index contributed by atoms with van der Waals surface area (Å²) in [4.78, 5) is 8.57. The molecule has 0 bridgehead atoms. The van der Waals surface area contributed by atoms with Crippen LogP contribution in [0, 0.1) is 0 Å². The number of benzene rings is 1. The summed E-state index contributed by atoms with van der Waals surface area (Å²) in [5.74, 6) is 0.630. The van der Waals surface area contributed by atoms with Crippen molar-refractivity contribution in [2.24, 2.45) is 0 Å². The molecule has 4 rings (SSSR count). The standard InChI is InChI=1S/C18H19ClN4O4/c19-11-3-1-2-10(6-11)7-20-16-12-4-5-23(17(12)22-9-21-16)18-15(26)14(25)13(8-24)27-18/h1-6,9,13-15,18,24-26H,7-8H2,(H,20,21,22)/t13-,14-,15-,18-/m1/s1. The lowest BCUT2D eigenvalue weighted by molar-refractivity contribution is -0.0508. The lowest BCUT2D eigenvalue weighted by atomic mass is 10.1. The van der Waals surface area contributed by atoms with E-state index < -0.39 is 24.5 Å². The molecule has 1 fully saturated rings. The molecule has 4 atom stereocenters. The fraction of sp³-hybridized carbons (Fsp3) is 0.333. The van der Waals surface area contributed by atoms with E-state index in [1.807, 2.05) is 30.3 Å². The molecule has 0 saturated carbocycles. The molecule has 1 saturated heterocycles. The maximum Gasteiger partial charge on any atom is 0.164 e. The molecular weight excluding hydrogens is 372 g/mol. The van der Waals surface area contributed by atoms with Gasteiger partial charge in [0.25, 0.3) is 0 Å². The van der Waals surface area contributed by atoms with E-state index in [0.717, 1.165) is 10.9 Å². The molecule has 0 amide bonds. The number of nitrogens with one attached hydrogen (secondary N) is 1. The van der Waals surface area contributed by atoms with Crippen LogP contribution in [-0.2, 0) is 11.3 Å². The fourth-order valence-electron chi connectivity index (χ4n) is 3.26. The highest BCUT2D eigenvalue weighted by Gasteiger charge is 2.43. The molecule has 142 valence electrons. The van der Waals surface area contributed by atoms with Crippen LogP contribution in [0.15, 0.2) is 42.9 Å². The molecule has 0 unspecified atom stereocenters. The molecule has 1 aromatic carbocycles. The third kappa shape index (κ3) is 3.38. The number of anilines is 1. The Hall–Kier alpha value is -2.23. The Labute approximate surface area is 160 Å². The number of aromatic nitrogens is 3. The van der Waals surface area contributed by atoms with Crippen LogP contribution in [0.1, 0.15) is 11.8 Å². The van der Waals surface area contributed by atoms with Gasteiger partial charge in [-0.1, -0.05) is 23.7 Å². The summed E-state index contributed by atoms with van der Waals surface area (Å²) in [7, 11) is 0. The second-order valence-electron chi connectivity index (χ2n) is 6.39. The molecule has 0 radical (unpaired) electrons. The summed E-state index contributed by atoms with van der Waals surface area (Å²) in [6.45, 7) is 0.154. The average molecular weight is 391 g/mol. The Balaban J connectivity index is 1.60. The van der Waals surface area contributed by atoms with Crippen LogP contribution in [0.2, 0.25) is 5.02 Å². The molecule has 0 aliphatic carbocycles. The van der Waals surface area contributed by atoms with E-state index in [1.54, 1.807) is 10.8 Å². The van der Waals surface area contributed by atoms with E-state index >= 15 is 0 Å². The number of hydrogen-bond donors (Lipinski definition) is 4. The van der Waals surface area contributed by atoms with E-state index in [-0.39, 0.29) is 6.61 Å². The molecule has 3 aromatic rings. The minimum absolute atomic E-state index is 0.380. The average Bonchev–Trinajstić information content (AvgIpc) is 3.22. The van der Waals surface area contributed by atoms with E-state index in [9.17, 15) is 15.3 Å². The molecule has 1 aliphatic rings. The largest absolute Gasteiger partial charge is 0.394 e. The van der Waals surface area contributed by atoms with E-state index in [1.165, 1.54) is 6.33 Å². The summed E-state index contributed by atoms with van der Waals surface area (Å²) in [6, 6.07) is 9.34. The Morgan fingerprint density at radius 2 is 2.04 bits per heavy atom. The van der Waals surface area contributed by atoms with E-state index in [0.29, 0.717) is 23.0 Å². The van der Waals surface area contributed by atoms with Crippen molar-refractivity contribution >= 4 is 28.5 Å². The van der Waals surface area contributed by atoms with Gasteiger partial charge >= 0.3 is 0 Å². The monoisotopic (exact) mass is 390 g/mol. The molecule has 3 heterocycles. The second kappa shape index (κ2) is 7.41. The topological polar surface area (TPSA) is 113 Å². The van der Waals surface area contributed by atoms with Crippen molar-refractivity contribution in [2.75, 3.05) is 11.9 Å². The summed E-state index contributed by atoms with van der Waals surface area (Å²) >= 11 is 6.01. The van der Waals surface area contributed by atoms with Crippen LogP contribution >= 0.6 is 11.6 Å². The van der Waals surface area contributed by atoms with Crippen LogP contribution in [0.4, 0.5) is 5.82 Å². The van der Waals surface area contributed by atoms with Gasteiger partial charge in [-0.2, -0.15) is 0 Å². The van der Waals surface area contributed by atoms with Crippen molar-refractivity contribution in [2.45, 2.75) is 31.1 Å². The van der Waals surface area contributed by atoms with E-state index in [4.69, 9.17) is 16.3 Å². The van der Waals surface area contributed by atoms with Crippen molar-refractivity contribution < 1.29 is 20.1 Å². The Morgan fingerprint density at radius 1 is 1.19 bits per heavy atom. The predicted octanol–water partition coefficient (Wildman–Crippen LogP) is 1.31. The van der Waals surface area contributed by atoms with Gasteiger partial charge in [0.2, 0.25) is 0 Å². The van der Waals surface area contributed by atoms with Gasteiger partial charge in [-0.05, 0) is 23.8 Å². The van der Waals surface area contributed by atoms with Crippen LogP contribution in [-0.4, -0.2) is 54.8 Å². The zero-order chi connectivity index (χ0) is 19.0. The fourth-order valence-corrected chi connectivity index (χ4v) is 3.47. The summed E-state index contributed by atoms with van der Waals surface area (Å²) < 4.78 is 7.22. The SMILES string of the molecule is OC[C@H]1O[C@@H](n2ccc3c(NCc4cccc(Cl)c4)ncnc32)[C@H](O)[C@@H]1O. The quantitative estimate of drug-likeness (QED) is 0.519. The number of fused-ring (bicyclic) bond motifs is 1. The van der Waals surface area contributed by atoms with Gasteiger partial charge in [-0.3, -0.25) is 0 Å². The minimum atomic E-state index is -1.17. The second-order valence-corrected chi connectivity index (χ2v) is 6.83. The van der Waals surface area contributed by atoms with Crippen molar-refractivity contribution in [3.63, 3.8) is 0 Å². The third-order valence-electron chi connectivity index (χ3n) is 4.65. The smallest absolute Gasteiger partial charge is 0.164 e. The number of aliphatic hydroxyl groups is 3. The van der Waals surface area contributed by atoms with Crippen LogP contribution in [0.3, 0.4) is 0 Å². The number of rotatable bonds is 5. The highest BCUT2D eigenvalue weighted by atomic mass is 35.5. The lowest BCUT2D eigenvalue weighted by Crippen LogP contribution is -2.33. The van der Waals surface area contributed by atoms with Crippen molar-refractivity contribution in [3.05, 3.63) is 53.4 Å². The number of hydrogen-bond acceptors (Lipinski definition) is 7. The molecule has 8 nitrogen and oxygen atoms in total. The van der Waals surface area contributed by atoms with Gasteiger partial charge in [-0.25, -0.2) is 9.97 Å². The summed E-state index contributed by atoms with van der Waals surface area (Å²) in [5, 5.41) is 34.2. The number of halogens is 1. The molecule has 2 aromatic heterocycles. The highest BCUT2D eigenvalue weighted by Crippen LogP contribution is 2.33. The normalized spacial score (nSPS) is 25.2. The Bertz CT molecular complexity index is 950. The minimum Gasteiger partial charge on any atom is -0.394 e. The molecular formula is C18H19ClN4O4. The first-order chi connectivity index (χ1) is 13.1. The first-order valence-electron chi connectivity index (χ1n) is 8.51. The molecule has 1 aliphatic heterocycles. The van der Waals surface area contributed by atoms with Gasteiger partial charge in [-0.15, -0.1) is 0 Å². The summed E-state index contributed by atoms with van der Waals surface area (Å²) in [5.41, 5.74) is 1.56. The zero-order valence-corrected chi connectivity index (χ0v) is 15.0. The van der Waals surface area contributed by atoms with Crippen molar-refractivity contribution in [3.8, 4) is 0 Å². The number of nitrogens with zero attached hydrogens (tertiary/aromatic N) is 3. The Morgan fingerprint density at radius 3 is 2.78 bits per heavy atom. The van der Waals surface area contributed by atoms with Crippen LogP contribution < -0.4 is 5.32 Å². The van der Waals surface area contributed by atoms with Gasteiger partial charge in [0.05, 0.1) is 12.0 Å². The molecule has 9 heteroatoms. The highest BCUT2D eigenvalue weighted by molar-refractivity contribution is 6.30. The maximum absolute atomic E-state index is 10.3. The maximum atomic E-state index is 10.3. The van der Waals surface area contributed by atoms with Gasteiger partial charge < -0.3 is 29.9 Å². The third-order valence-corrected chi connectivity index (χ3v) is 4.88. The first kappa shape index (κ1) is 18.1. The molecule has 0 spiro atoms. The van der Waals surface area contributed by atoms with Gasteiger partial charge in [0.1, 0.15) is 36.1 Å².